The molecule has 3 aromatic heterocycles. The summed E-state index contributed by atoms with van der Waals surface area (Å²) in [7, 11) is 1.54. The second kappa shape index (κ2) is 9.09. The Labute approximate surface area is 208 Å². The number of methoxy groups -OCH3 is 1. The summed E-state index contributed by atoms with van der Waals surface area (Å²) in [5.74, 6) is 1.50. The summed E-state index contributed by atoms with van der Waals surface area (Å²) < 4.78 is 12.9. The Balaban J connectivity index is 1.42. The second-order valence-corrected chi connectivity index (χ2v) is 9.00. The average molecular weight is 514 g/mol. The predicted octanol–water partition coefficient (Wildman–Crippen LogP) is 6.24. The molecule has 3 heterocycles. The highest BCUT2D eigenvalue weighted by atomic mass is 35.5. The molecular weight excluding hydrogens is 497 g/mol. The topological polar surface area (TPSA) is 94.6 Å². The van der Waals surface area contributed by atoms with Crippen molar-refractivity contribution in [3.05, 3.63) is 70.2 Å². The number of halogens is 2. The number of carbonyl (C=O) groups is 1. The fourth-order valence-electron chi connectivity index (χ4n) is 3.38. The van der Waals surface area contributed by atoms with Crippen LogP contribution >= 0.6 is 34.5 Å². The number of nitrogens with one attached hydrogen (secondary N) is 1. The molecule has 2 aromatic carbocycles. The van der Waals surface area contributed by atoms with E-state index in [-0.39, 0.29) is 5.76 Å². The van der Waals surface area contributed by atoms with Crippen molar-refractivity contribution < 1.29 is 13.9 Å². The fraction of sp³-hybridized carbons (Fsp3) is 0.130. The summed E-state index contributed by atoms with van der Waals surface area (Å²) in [6.07, 6.45) is 0.724. The number of ether oxygens (including phenoxy) is 1. The van der Waals surface area contributed by atoms with Crippen molar-refractivity contribution in [2.45, 2.75) is 13.3 Å². The van der Waals surface area contributed by atoms with Gasteiger partial charge in [0.15, 0.2) is 11.6 Å². The Morgan fingerprint density at radius 1 is 1.09 bits per heavy atom. The SMILES string of the molecule is CCc1nnc2sc(-c3ccc(OC)c(NC(=O)c4ccc(-c5ccc(Cl)c(Cl)c5)o4)c3)nn12. The third kappa shape index (κ3) is 4.13. The summed E-state index contributed by atoms with van der Waals surface area (Å²) in [5.41, 5.74) is 2.01. The summed E-state index contributed by atoms with van der Waals surface area (Å²) in [4.78, 5) is 13.6. The molecule has 0 spiro atoms. The van der Waals surface area contributed by atoms with Gasteiger partial charge in [-0.25, -0.2) is 0 Å². The first kappa shape index (κ1) is 22.4. The molecule has 0 fully saturated rings. The van der Waals surface area contributed by atoms with Crippen molar-refractivity contribution in [2.75, 3.05) is 12.4 Å². The first-order valence-electron chi connectivity index (χ1n) is 10.2. The van der Waals surface area contributed by atoms with Crippen LogP contribution in [0.4, 0.5) is 5.69 Å². The van der Waals surface area contributed by atoms with Gasteiger partial charge >= 0.3 is 0 Å². The minimum absolute atomic E-state index is 0.139. The molecule has 0 unspecified atom stereocenters. The van der Waals surface area contributed by atoms with Crippen LogP contribution < -0.4 is 10.1 Å². The van der Waals surface area contributed by atoms with E-state index in [0.29, 0.717) is 37.8 Å². The number of aryl methyl sites for hydroxylation is 1. The van der Waals surface area contributed by atoms with Crippen LogP contribution in [-0.4, -0.2) is 32.8 Å². The quantitative estimate of drug-likeness (QED) is 0.288. The highest BCUT2D eigenvalue weighted by Crippen LogP contribution is 2.34. The van der Waals surface area contributed by atoms with Crippen molar-refractivity contribution in [1.29, 1.82) is 0 Å². The first-order valence-corrected chi connectivity index (χ1v) is 11.8. The van der Waals surface area contributed by atoms with E-state index < -0.39 is 5.91 Å². The summed E-state index contributed by atoms with van der Waals surface area (Å²) in [6, 6.07) is 13.9. The van der Waals surface area contributed by atoms with Gasteiger partial charge in [0.25, 0.3) is 5.91 Å². The molecule has 0 radical (unpaired) electrons. The van der Waals surface area contributed by atoms with Gasteiger partial charge in [0.2, 0.25) is 4.96 Å². The van der Waals surface area contributed by atoms with Crippen LogP contribution in [0.3, 0.4) is 0 Å². The van der Waals surface area contributed by atoms with Gasteiger partial charge in [-0.05, 0) is 48.5 Å². The van der Waals surface area contributed by atoms with Gasteiger partial charge in [0.1, 0.15) is 16.5 Å². The molecule has 11 heteroatoms. The number of aromatic nitrogens is 4. The van der Waals surface area contributed by atoms with Crippen LogP contribution in [0.5, 0.6) is 5.75 Å². The van der Waals surface area contributed by atoms with Gasteiger partial charge in [-0.2, -0.15) is 9.61 Å². The Bertz CT molecular complexity index is 1520. The van der Waals surface area contributed by atoms with Gasteiger partial charge in [-0.1, -0.05) is 41.5 Å². The Morgan fingerprint density at radius 3 is 2.68 bits per heavy atom. The number of anilines is 1. The summed E-state index contributed by atoms with van der Waals surface area (Å²) in [5, 5.41) is 17.4. The molecule has 0 aliphatic carbocycles. The van der Waals surface area contributed by atoms with Gasteiger partial charge in [-0.15, -0.1) is 10.2 Å². The van der Waals surface area contributed by atoms with Gasteiger partial charge < -0.3 is 14.5 Å². The van der Waals surface area contributed by atoms with Crippen LogP contribution in [-0.2, 0) is 6.42 Å². The summed E-state index contributed by atoms with van der Waals surface area (Å²) in [6.45, 7) is 2.00. The zero-order valence-electron chi connectivity index (χ0n) is 18.0. The maximum atomic E-state index is 12.9. The molecule has 0 saturated carbocycles. The monoisotopic (exact) mass is 513 g/mol. The molecule has 34 heavy (non-hydrogen) atoms. The largest absolute Gasteiger partial charge is 0.495 e. The standard InChI is InChI=1S/C23H17Cl2N5O3S/c1-3-20-27-28-23-30(20)29-22(34-23)13-5-7-18(32-2)16(11-13)26-21(31)19-9-8-17(33-19)12-4-6-14(24)15(25)10-12/h4-11H,3H2,1-2H3,(H,26,31). The van der Waals surface area contributed by atoms with Crippen LogP contribution in [0.2, 0.25) is 10.0 Å². The molecule has 8 nitrogen and oxygen atoms in total. The maximum absolute atomic E-state index is 12.9. The van der Waals surface area contributed by atoms with Crippen LogP contribution in [0, 0.1) is 0 Å². The Hall–Kier alpha value is -3.40. The number of nitrogens with zero attached hydrogens (tertiary/aromatic N) is 4. The van der Waals surface area contributed by atoms with Crippen molar-refractivity contribution in [3.63, 3.8) is 0 Å². The molecule has 0 atom stereocenters. The predicted molar refractivity (Wildman–Crippen MR) is 132 cm³/mol. The van der Waals surface area contributed by atoms with Crippen LogP contribution in [0.25, 0.3) is 26.9 Å². The third-order valence-corrected chi connectivity index (χ3v) is 6.79. The number of amides is 1. The van der Waals surface area contributed by atoms with Crippen molar-refractivity contribution in [3.8, 4) is 27.6 Å². The number of hydrogen-bond acceptors (Lipinski definition) is 7. The molecule has 1 N–H and O–H groups in total. The normalized spacial score (nSPS) is 11.2. The molecule has 0 aliphatic heterocycles. The fourth-order valence-corrected chi connectivity index (χ4v) is 4.53. The van der Waals surface area contributed by atoms with Crippen LogP contribution in [0.1, 0.15) is 23.3 Å². The maximum Gasteiger partial charge on any atom is 0.291 e. The van der Waals surface area contributed by atoms with E-state index >= 15 is 0 Å². The molecule has 172 valence electrons. The average Bonchev–Trinajstić information content (AvgIpc) is 3.57. The number of furan rings is 1. The van der Waals surface area contributed by atoms with E-state index in [2.05, 4.69) is 20.6 Å². The van der Waals surface area contributed by atoms with Gasteiger partial charge in [0.05, 0.1) is 22.8 Å². The van der Waals surface area contributed by atoms with Gasteiger partial charge in [0, 0.05) is 17.5 Å². The van der Waals surface area contributed by atoms with E-state index in [1.165, 1.54) is 18.4 Å². The molecule has 5 aromatic rings. The molecule has 0 bridgehead atoms. The smallest absolute Gasteiger partial charge is 0.291 e. The minimum Gasteiger partial charge on any atom is -0.495 e. The molecular formula is C23H17Cl2N5O3S. The number of rotatable bonds is 6. The third-order valence-electron chi connectivity index (χ3n) is 5.10. The van der Waals surface area contributed by atoms with E-state index in [9.17, 15) is 4.79 Å². The lowest BCUT2D eigenvalue weighted by Gasteiger charge is -2.10. The minimum atomic E-state index is -0.423. The zero-order chi connectivity index (χ0) is 23.8. The molecule has 1 amide bonds. The highest BCUT2D eigenvalue weighted by molar-refractivity contribution is 7.19. The molecule has 5 rings (SSSR count). The molecule has 0 saturated heterocycles. The lowest BCUT2D eigenvalue weighted by molar-refractivity contribution is 0.0997. The van der Waals surface area contributed by atoms with Crippen LogP contribution in [0.15, 0.2) is 52.9 Å². The van der Waals surface area contributed by atoms with Crippen molar-refractivity contribution in [1.82, 2.24) is 19.8 Å². The highest BCUT2D eigenvalue weighted by Gasteiger charge is 2.18. The zero-order valence-corrected chi connectivity index (χ0v) is 20.3. The summed E-state index contributed by atoms with van der Waals surface area (Å²) >= 11 is 13.5. The lowest BCUT2D eigenvalue weighted by Crippen LogP contribution is -2.11. The Morgan fingerprint density at radius 2 is 1.91 bits per heavy atom. The second-order valence-electron chi connectivity index (χ2n) is 7.23. The van der Waals surface area contributed by atoms with Crippen molar-refractivity contribution in [2.24, 2.45) is 0 Å². The van der Waals surface area contributed by atoms with E-state index in [1.54, 1.807) is 47.0 Å². The van der Waals surface area contributed by atoms with Crippen molar-refractivity contribution >= 4 is 51.1 Å². The van der Waals surface area contributed by atoms with E-state index in [0.717, 1.165) is 22.8 Å². The number of carbonyl (C=O) groups excluding carboxylic acids is 1. The lowest BCUT2D eigenvalue weighted by atomic mass is 10.2. The van der Waals surface area contributed by atoms with E-state index in [4.69, 9.17) is 32.4 Å². The number of hydrogen-bond donors (Lipinski definition) is 1. The molecule has 0 aliphatic rings. The van der Waals surface area contributed by atoms with E-state index in [1.807, 2.05) is 13.0 Å². The van der Waals surface area contributed by atoms with Gasteiger partial charge in [-0.3, -0.25) is 4.79 Å². The number of fused-ring (bicyclic) bond motifs is 1. The number of benzene rings is 2. The first-order chi connectivity index (χ1) is 16.5. The Kier molecular flexibility index (Phi) is 5.99.